The number of carbonyl (C=O) groups is 4. The fourth-order valence-electron chi connectivity index (χ4n) is 5.94. The number of nitrogens with two attached hydrogens (primary N) is 1. The molecule has 0 saturated carbocycles. The third-order valence-electron chi connectivity index (χ3n) is 8.88. The second-order valence-corrected chi connectivity index (χ2v) is 13.0. The van der Waals surface area contributed by atoms with Crippen LogP contribution in [0, 0.1) is 11.8 Å². The number of aliphatic hydroxyl groups excluding tert-OH is 1. The molecule has 1 fully saturated rings. The number of aromatic nitrogens is 4. The summed E-state index contributed by atoms with van der Waals surface area (Å²) in [5.41, 5.74) is 10.1. The Morgan fingerprint density at radius 2 is 1.55 bits per heavy atom. The topological polar surface area (TPSA) is 218 Å². The molecule has 1 aliphatic heterocycles. The van der Waals surface area contributed by atoms with Crippen molar-refractivity contribution in [1.29, 1.82) is 0 Å². The predicted octanol–water partition coefficient (Wildman–Crippen LogP) is 4.59. The van der Waals surface area contributed by atoms with Gasteiger partial charge in [0.1, 0.15) is 17.7 Å². The molecule has 3 unspecified atom stereocenters. The van der Waals surface area contributed by atoms with E-state index in [1.807, 2.05) is 72.7 Å². The van der Waals surface area contributed by atoms with Crippen LogP contribution in [-0.4, -0.2) is 93.4 Å². The van der Waals surface area contributed by atoms with E-state index in [9.17, 15) is 24.3 Å². The molecule has 292 valence electrons. The van der Waals surface area contributed by atoms with Gasteiger partial charge in [0, 0.05) is 37.1 Å². The van der Waals surface area contributed by atoms with Gasteiger partial charge in [-0.25, -0.2) is 19.6 Å². The number of H-pyrrole nitrogens is 2. The van der Waals surface area contributed by atoms with Crippen molar-refractivity contribution >= 4 is 24.0 Å². The van der Waals surface area contributed by atoms with Crippen molar-refractivity contribution in [2.75, 3.05) is 27.3 Å². The zero-order chi connectivity index (χ0) is 39.7. The van der Waals surface area contributed by atoms with Crippen LogP contribution in [-0.2, 0) is 25.5 Å². The second kappa shape index (κ2) is 20.9. The second-order valence-electron chi connectivity index (χ2n) is 13.0. The van der Waals surface area contributed by atoms with Gasteiger partial charge in [0.25, 0.3) is 0 Å². The number of nitrogens with zero attached hydrogens (tertiary/aromatic N) is 3. The lowest BCUT2D eigenvalue weighted by molar-refractivity contribution is -0.132. The van der Waals surface area contributed by atoms with Crippen molar-refractivity contribution in [3.8, 4) is 34.4 Å². The molecule has 2 aromatic carbocycles. The number of imidazole rings is 2. The normalized spacial score (nSPS) is 14.3. The monoisotopic (exact) mass is 754 g/mol. The van der Waals surface area contributed by atoms with E-state index in [4.69, 9.17) is 0 Å². The van der Waals surface area contributed by atoms with E-state index >= 15 is 0 Å². The Balaban J connectivity index is 0.00000126. The average molecular weight is 755 g/mol. The van der Waals surface area contributed by atoms with E-state index in [1.165, 1.54) is 21.1 Å². The molecule has 3 atom stereocenters. The Morgan fingerprint density at radius 3 is 2.11 bits per heavy atom. The first-order chi connectivity index (χ1) is 26.5. The average Bonchev–Trinajstić information content (AvgIpc) is 3.98. The Morgan fingerprint density at radius 1 is 0.945 bits per heavy atom. The van der Waals surface area contributed by atoms with E-state index in [2.05, 4.69) is 57.6 Å². The summed E-state index contributed by atoms with van der Waals surface area (Å²) in [6.07, 6.45) is 6.62. The number of nitrogens with one attached hydrogen (secondary N) is 4. The molecule has 2 aromatic heterocycles. The lowest BCUT2D eigenvalue weighted by Gasteiger charge is -2.23. The van der Waals surface area contributed by atoms with Gasteiger partial charge in [0.15, 0.2) is 0 Å². The number of primary amides is 1. The van der Waals surface area contributed by atoms with Gasteiger partial charge in [-0.3, -0.25) is 9.59 Å². The number of ether oxygens (including phenoxy) is 2. The maximum absolute atomic E-state index is 12.5. The van der Waals surface area contributed by atoms with Crippen LogP contribution in [0.1, 0.15) is 81.2 Å². The lowest BCUT2D eigenvalue weighted by atomic mass is 10.1. The highest BCUT2D eigenvalue weighted by atomic mass is 16.5. The standard InChI is InChI=1S/C38H45N7O5.C2H5NO2/c1-4-8-34(47)45-22-7-9-32(45)36-41-24-31(43-36)29-19-15-27(16-20-29)12-11-26-13-17-28(18-14-26)30-23-40-33(42-30)10-5-6-21-39-37(48)35(25(2)46)44-38(49)50-3;1-5-2(3)4/h13-20,23-25,32,35,46H,4-10,21-22H2,1-3H3,(H,39,48)(H,40,42)(H,41,43)(H,44,49);1H3,(H2,3,4). The van der Waals surface area contributed by atoms with Gasteiger partial charge in [-0.05, 0) is 74.4 Å². The Hall–Kier alpha value is -6.14. The SMILES string of the molecule is CCCC(=O)N1CCCC1c1ncc(-c2ccc(C#Cc3ccc(-c4cnc(CCCCNC(=O)C(NC(=O)OC)C(C)O)[nH]4)cc3)cc2)[nH]1.COC(N)=O. The van der Waals surface area contributed by atoms with Gasteiger partial charge in [-0.15, -0.1) is 0 Å². The maximum atomic E-state index is 12.5. The number of carbonyl (C=O) groups excluding carboxylic acids is 4. The van der Waals surface area contributed by atoms with E-state index in [0.29, 0.717) is 25.8 Å². The molecule has 7 N–H and O–H groups in total. The summed E-state index contributed by atoms with van der Waals surface area (Å²) in [6, 6.07) is 15.0. The van der Waals surface area contributed by atoms with Crippen LogP contribution in [0.25, 0.3) is 22.5 Å². The number of hydrogen-bond acceptors (Lipinski definition) is 9. The number of amides is 4. The van der Waals surface area contributed by atoms with Crippen LogP contribution in [0.2, 0.25) is 0 Å². The Labute approximate surface area is 320 Å². The predicted molar refractivity (Wildman–Crippen MR) is 206 cm³/mol. The summed E-state index contributed by atoms with van der Waals surface area (Å²) in [7, 11) is 2.42. The van der Waals surface area contributed by atoms with E-state index in [1.54, 1.807) is 0 Å². The number of methoxy groups -OCH3 is 2. The molecule has 0 radical (unpaired) electrons. The zero-order valence-corrected chi connectivity index (χ0v) is 31.7. The smallest absolute Gasteiger partial charge is 0.407 e. The Bertz CT molecular complexity index is 1930. The van der Waals surface area contributed by atoms with Crippen molar-refractivity contribution < 1.29 is 33.8 Å². The molecule has 55 heavy (non-hydrogen) atoms. The summed E-state index contributed by atoms with van der Waals surface area (Å²) in [4.78, 5) is 63.6. The van der Waals surface area contributed by atoms with Crippen LogP contribution >= 0.6 is 0 Å². The summed E-state index contributed by atoms with van der Waals surface area (Å²) in [5, 5.41) is 14.9. The molecule has 3 heterocycles. The van der Waals surface area contributed by atoms with Gasteiger partial charge in [0.05, 0.1) is 50.1 Å². The van der Waals surface area contributed by atoms with Crippen LogP contribution in [0.15, 0.2) is 60.9 Å². The zero-order valence-electron chi connectivity index (χ0n) is 31.7. The number of benzene rings is 2. The maximum Gasteiger partial charge on any atom is 0.407 e. The van der Waals surface area contributed by atoms with Crippen LogP contribution < -0.4 is 16.4 Å². The third-order valence-corrected chi connectivity index (χ3v) is 8.88. The molecule has 1 saturated heterocycles. The third kappa shape index (κ3) is 12.5. The van der Waals surface area contributed by atoms with Crippen molar-refractivity contribution in [3.05, 3.63) is 83.7 Å². The number of alkyl carbamates (subject to hydrolysis) is 1. The highest BCUT2D eigenvalue weighted by Gasteiger charge is 2.31. The largest absolute Gasteiger partial charge is 0.453 e. The number of aryl methyl sites for hydroxylation is 1. The summed E-state index contributed by atoms with van der Waals surface area (Å²) >= 11 is 0. The first-order valence-corrected chi connectivity index (χ1v) is 18.3. The van der Waals surface area contributed by atoms with Crippen molar-refractivity contribution in [2.45, 2.75) is 77.0 Å². The summed E-state index contributed by atoms with van der Waals surface area (Å²) < 4.78 is 8.40. The van der Waals surface area contributed by atoms with Gasteiger partial charge in [-0.2, -0.15) is 0 Å². The molecule has 15 heteroatoms. The minimum atomic E-state index is -1.08. The van der Waals surface area contributed by atoms with Gasteiger partial charge in [-0.1, -0.05) is 43.0 Å². The number of hydrogen-bond donors (Lipinski definition) is 6. The number of rotatable bonds is 13. The molecule has 0 spiro atoms. The number of aliphatic hydroxyl groups is 1. The summed E-state index contributed by atoms with van der Waals surface area (Å²) in [6.45, 7) is 4.65. The van der Waals surface area contributed by atoms with E-state index in [-0.39, 0.29) is 11.9 Å². The molecule has 15 nitrogen and oxygen atoms in total. The summed E-state index contributed by atoms with van der Waals surface area (Å²) in [5.74, 6) is 7.91. The van der Waals surface area contributed by atoms with Crippen molar-refractivity contribution in [3.63, 3.8) is 0 Å². The quantitative estimate of drug-likeness (QED) is 0.0830. The molecule has 4 aromatic rings. The van der Waals surface area contributed by atoms with Crippen molar-refractivity contribution in [1.82, 2.24) is 35.5 Å². The molecule has 5 rings (SSSR count). The van der Waals surface area contributed by atoms with Gasteiger partial charge < -0.3 is 45.8 Å². The van der Waals surface area contributed by atoms with E-state index < -0.39 is 30.2 Å². The highest BCUT2D eigenvalue weighted by Crippen LogP contribution is 2.32. The van der Waals surface area contributed by atoms with Crippen LogP contribution in [0.4, 0.5) is 9.59 Å². The number of unbranched alkanes of at least 4 members (excludes halogenated alkanes) is 1. The van der Waals surface area contributed by atoms with Gasteiger partial charge >= 0.3 is 12.2 Å². The lowest BCUT2D eigenvalue weighted by Crippen LogP contribution is -2.52. The molecule has 1 aliphatic rings. The number of likely N-dealkylation sites (tertiary alicyclic amines) is 1. The number of aromatic amines is 2. The first-order valence-electron chi connectivity index (χ1n) is 18.3. The minimum absolute atomic E-state index is 0.0180. The molecule has 0 aliphatic carbocycles. The molecule has 4 amide bonds. The molecule has 0 bridgehead atoms. The molecular formula is C40H50N8O7. The van der Waals surface area contributed by atoms with E-state index in [0.717, 1.165) is 77.5 Å². The highest BCUT2D eigenvalue weighted by molar-refractivity contribution is 5.86. The van der Waals surface area contributed by atoms with Crippen molar-refractivity contribution in [2.24, 2.45) is 5.73 Å². The van der Waals surface area contributed by atoms with Gasteiger partial charge in [0.2, 0.25) is 11.8 Å². The first kappa shape index (κ1) is 41.6. The molecular weight excluding hydrogens is 704 g/mol. The fraction of sp³-hybridized carbons (Fsp3) is 0.400. The Kier molecular flexibility index (Phi) is 15.8. The minimum Gasteiger partial charge on any atom is -0.453 e. The van der Waals surface area contributed by atoms with Crippen LogP contribution in [0.5, 0.6) is 0 Å². The fourth-order valence-corrected chi connectivity index (χ4v) is 5.94. The van der Waals surface area contributed by atoms with Crippen LogP contribution in [0.3, 0.4) is 0 Å².